The van der Waals surface area contributed by atoms with Crippen molar-refractivity contribution in [1.29, 1.82) is 0 Å². The topological polar surface area (TPSA) is 84.0 Å². The Hall–Kier alpha value is -3.42. The smallest absolute Gasteiger partial charge is 0.229 e. The average Bonchev–Trinajstić information content (AvgIpc) is 2.83. The summed E-state index contributed by atoms with van der Waals surface area (Å²) in [5.74, 6) is 2.07. The van der Waals surface area contributed by atoms with Gasteiger partial charge in [-0.05, 0) is 48.2 Å². The molecule has 1 aliphatic rings. The molecule has 32 heavy (non-hydrogen) atoms. The molecule has 0 aliphatic heterocycles. The fourth-order valence-electron chi connectivity index (χ4n) is 3.78. The van der Waals surface area contributed by atoms with Crippen molar-refractivity contribution in [2.45, 2.75) is 51.2 Å². The van der Waals surface area contributed by atoms with E-state index in [4.69, 9.17) is 4.74 Å². The molecule has 3 N–H and O–H groups in total. The molecule has 0 unspecified atom stereocenters. The number of hydrogen-bond donors (Lipinski definition) is 3. The summed E-state index contributed by atoms with van der Waals surface area (Å²) in [6.45, 7) is 1.05. The molecule has 2 aromatic carbocycles. The van der Waals surface area contributed by atoms with Gasteiger partial charge in [0.25, 0.3) is 0 Å². The molecule has 0 saturated heterocycles. The summed E-state index contributed by atoms with van der Waals surface area (Å²) in [6, 6.07) is 14.6. The maximum absolute atomic E-state index is 13.2. The molecule has 0 amide bonds. The number of halogens is 1. The van der Waals surface area contributed by atoms with E-state index in [1.54, 1.807) is 19.2 Å². The lowest BCUT2D eigenvalue weighted by atomic mass is 9.96. The van der Waals surface area contributed by atoms with Crippen molar-refractivity contribution < 1.29 is 9.13 Å². The van der Waals surface area contributed by atoms with Crippen LogP contribution in [0.5, 0.6) is 5.75 Å². The van der Waals surface area contributed by atoms with E-state index in [2.05, 4.69) is 30.9 Å². The second-order valence-corrected chi connectivity index (χ2v) is 7.97. The van der Waals surface area contributed by atoms with Crippen LogP contribution in [0, 0.1) is 5.82 Å². The van der Waals surface area contributed by atoms with E-state index in [9.17, 15) is 4.39 Å². The van der Waals surface area contributed by atoms with Gasteiger partial charge in [0, 0.05) is 19.1 Å². The summed E-state index contributed by atoms with van der Waals surface area (Å²) in [5, 5.41) is 9.99. The van der Waals surface area contributed by atoms with Crippen LogP contribution in [0.15, 0.2) is 48.5 Å². The number of benzene rings is 2. The first-order valence-corrected chi connectivity index (χ1v) is 11.1. The first-order valence-electron chi connectivity index (χ1n) is 11.1. The largest absolute Gasteiger partial charge is 0.497 e. The minimum absolute atomic E-state index is 0.253. The van der Waals surface area contributed by atoms with Gasteiger partial charge in [0.05, 0.1) is 7.11 Å². The van der Waals surface area contributed by atoms with Gasteiger partial charge in [0.1, 0.15) is 11.6 Å². The lowest BCUT2D eigenvalue weighted by Gasteiger charge is -2.23. The molecule has 1 aliphatic carbocycles. The Morgan fingerprint density at radius 2 is 1.50 bits per heavy atom. The lowest BCUT2D eigenvalue weighted by Crippen LogP contribution is -2.24. The number of aromatic nitrogens is 3. The maximum Gasteiger partial charge on any atom is 0.229 e. The molecule has 0 atom stereocenters. The minimum atomic E-state index is -0.253. The number of nitrogens with one attached hydrogen (secondary N) is 3. The van der Waals surface area contributed by atoms with Gasteiger partial charge in [-0.1, -0.05) is 43.5 Å². The van der Waals surface area contributed by atoms with E-state index in [1.807, 2.05) is 24.3 Å². The van der Waals surface area contributed by atoms with E-state index in [0.717, 1.165) is 29.7 Å². The Morgan fingerprint density at radius 3 is 2.19 bits per heavy atom. The van der Waals surface area contributed by atoms with Crippen molar-refractivity contribution in [2.75, 3.05) is 23.1 Å². The fourth-order valence-corrected chi connectivity index (χ4v) is 3.78. The molecule has 1 saturated carbocycles. The summed E-state index contributed by atoms with van der Waals surface area (Å²) in [6.07, 6.45) is 5.97. The highest BCUT2D eigenvalue weighted by Crippen LogP contribution is 2.21. The first kappa shape index (κ1) is 21.8. The molecule has 1 heterocycles. The number of nitrogens with zero attached hydrogens (tertiary/aromatic N) is 3. The number of methoxy groups -OCH3 is 1. The van der Waals surface area contributed by atoms with E-state index in [1.165, 1.54) is 31.4 Å². The van der Waals surface area contributed by atoms with Crippen molar-refractivity contribution in [2.24, 2.45) is 0 Å². The Morgan fingerprint density at radius 1 is 0.844 bits per heavy atom. The van der Waals surface area contributed by atoms with Crippen LogP contribution in [-0.4, -0.2) is 28.1 Å². The third-order valence-electron chi connectivity index (χ3n) is 5.52. The summed E-state index contributed by atoms with van der Waals surface area (Å²) in [5.41, 5.74) is 2.01. The Labute approximate surface area is 187 Å². The second kappa shape index (κ2) is 10.7. The van der Waals surface area contributed by atoms with Crippen LogP contribution in [0.4, 0.5) is 22.2 Å². The van der Waals surface area contributed by atoms with Crippen molar-refractivity contribution >= 4 is 17.8 Å². The summed E-state index contributed by atoms with van der Waals surface area (Å²) < 4.78 is 18.5. The highest BCUT2D eigenvalue weighted by molar-refractivity contribution is 5.44. The SMILES string of the molecule is COc1cccc(CNc2nc(NCc3ccc(F)cc3)nc(NC3CCCCC3)n2)c1. The van der Waals surface area contributed by atoms with Gasteiger partial charge in [-0.3, -0.25) is 0 Å². The van der Waals surface area contributed by atoms with Crippen molar-refractivity contribution in [3.05, 3.63) is 65.5 Å². The normalized spacial score (nSPS) is 14.1. The van der Waals surface area contributed by atoms with Crippen LogP contribution in [0.2, 0.25) is 0 Å². The zero-order valence-corrected chi connectivity index (χ0v) is 18.3. The number of anilines is 3. The molecule has 0 bridgehead atoms. The third kappa shape index (κ3) is 6.29. The number of ether oxygens (including phenoxy) is 1. The van der Waals surface area contributed by atoms with Gasteiger partial charge in [0.2, 0.25) is 17.8 Å². The first-order chi connectivity index (χ1) is 15.7. The van der Waals surface area contributed by atoms with Crippen molar-refractivity contribution in [1.82, 2.24) is 15.0 Å². The molecule has 168 valence electrons. The minimum Gasteiger partial charge on any atom is -0.497 e. The van der Waals surface area contributed by atoms with Crippen LogP contribution in [0.3, 0.4) is 0 Å². The lowest BCUT2D eigenvalue weighted by molar-refractivity contribution is 0.414. The molecule has 3 aromatic rings. The van der Waals surface area contributed by atoms with Crippen LogP contribution < -0.4 is 20.7 Å². The number of hydrogen-bond acceptors (Lipinski definition) is 7. The molecular weight excluding hydrogens is 407 g/mol. The Kier molecular flexibility index (Phi) is 7.32. The standard InChI is InChI=1S/C24H29FN6O/c1-32-21-9-5-6-18(14-21)16-27-23-29-22(26-15-17-10-12-19(25)13-11-17)30-24(31-23)28-20-7-3-2-4-8-20/h5-6,9-14,20H,2-4,7-8,15-16H2,1H3,(H3,26,27,28,29,30,31). The van der Waals surface area contributed by atoms with Gasteiger partial charge in [0.15, 0.2) is 0 Å². The molecule has 8 heteroatoms. The van der Waals surface area contributed by atoms with Gasteiger partial charge >= 0.3 is 0 Å². The highest BCUT2D eigenvalue weighted by atomic mass is 19.1. The van der Waals surface area contributed by atoms with E-state index >= 15 is 0 Å². The van der Waals surface area contributed by atoms with E-state index in [-0.39, 0.29) is 5.82 Å². The number of rotatable bonds is 9. The summed E-state index contributed by atoms with van der Waals surface area (Å²) in [4.78, 5) is 13.7. The molecule has 0 radical (unpaired) electrons. The second-order valence-electron chi connectivity index (χ2n) is 7.97. The predicted molar refractivity (Wildman–Crippen MR) is 124 cm³/mol. The molecule has 0 spiro atoms. The predicted octanol–water partition coefficient (Wildman–Crippen LogP) is 4.99. The third-order valence-corrected chi connectivity index (χ3v) is 5.52. The van der Waals surface area contributed by atoms with Gasteiger partial charge in [-0.2, -0.15) is 15.0 Å². The van der Waals surface area contributed by atoms with Gasteiger partial charge in [-0.25, -0.2) is 4.39 Å². The molecule has 7 nitrogen and oxygen atoms in total. The van der Waals surface area contributed by atoms with Crippen LogP contribution >= 0.6 is 0 Å². The quantitative estimate of drug-likeness (QED) is 0.436. The molecule has 1 fully saturated rings. The molecular formula is C24H29FN6O. The van der Waals surface area contributed by atoms with Gasteiger partial charge in [-0.15, -0.1) is 0 Å². The van der Waals surface area contributed by atoms with Crippen molar-refractivity contribution in [3.8, 4) is 5.75 Å². The van der Waals surface area contributed by atoms with E-state index < -0.39 is 0 Å². The van der Waals surface area contributed by atoms with Gasteiger partial charge < -0.3 is 20.7 Å². The van der Waals surface area contributed by atoms with Crippen molar-refractivity contribution in [3.63, 3.8) is 0 Å². The Balaban J connectivity index is 1.48. The maximum atomic E-state index is 13.2. The van der Waals surface area contributed by atoms with E-state index in [0.29, 0.717) is 37.0 Å². The summed E-state index contributed by atoms with van der Waals surface area (Å²) in [7, 11) is 1.65. The zero-order chi connectivity index (χ0) is 22.2. The fraction of sp³-hybridized carbons (Fsp3) is 0.375. The summed E-state index contributed by atoms with van der Waals surface area (Å²) >= 11 is 0. The van der Waals surface area contributed by atoms with Crippen LogP contribution in [-0.2, 0) is 13.1 Å². The highest BCUT2D eigenvalue weighted by Gasteiger charge is 2.15. The molecule has 1 aromatic heterocycles. The average molecular weight is 437 g/mol. The Bertz CT molecular complexity index is 1010. The monoisotopic (exact) mass is 436 g/mol. The zero-order valence-electron chi connectivity index (χ0n) is 18.3. The van der Waals surface area contributed by atoms with Crippen LogP contribution in [0.25, 0.3) is 0 Å². The molecule has 4 rings (SSSR count). The van der Waals surface area contributed by atoms with Crippen LogP contribution in [0.1, 0.15) is 43.2 Å².